The van der Waals surface area contributed by atoms with Crippen LogP contribution >= 0.6 is 0 Å². The van der Waals surface area contributed by atoms with Crippen molar-refractivity contribution in [1.29, 1.82) is 0 Å². The van der Waals surface area contributed by atoms with Crippen molar-refractivity contribution in [2.45, 2.75) is 44.4 Å². The first-order valence-corrected chi connectivity index (χ1v) is 6.28. The van der Waals surface area contributed by atoms with E-state index < -0.39 is 17.8 Å². The molecule has 0 radical (unpaired) electrons. The Morgan fingerprint density at radius 2 is 1.95 bits per heavy atom. The summed E-state index contributed by atoms with van der Waals surface area (Å²) in [5.74, 6) is 0.614. The Bertz CT molecular complexity index is 466. The van der Waals surface area contributed by atoms with E-state index in [2.05, 4.69) is 5.32 Å². The van der Waals surface area contributed by atoms with Gasteiger partial charge in [-0.2, -0.15) is 13.2 Å². The van der Waals surface area contributed by atoms with Crippen LogP contribution < -0.4 is 10.1 Å². The Kier molecular flexibility index (Phi) is 3.51. The summed E-state index contributed by atoms with van der Waals surface area (Å²) in [7, 11) is 1.53. The van der Waals surface area contributed by atoms with Crippen LogP contribution in [0.4, 0.5) is 13.2 Å². The molecule has 1 aromatic carbocycles. The number of benzene rings is 1. The number of alkyl halides is 3. The Balaban J connectivity index is 2.21. The second kappa shape index (κ2) is 4.71. The maximum Gasteiger partial charge on any atom is 0.406 e. The van der Waals surface area contributed by atoms with E-state index in [0.717, 1.165) is 11.1 Å². The number of rotatable bonds is 4. The fourth-order valence-corrected chi connectivity index (χ4v) is 2.32. The second-order valence-corrected chi connectivity index (χ2v) is 5.19. The van der Waals surface area contributed by atoms with E-state index in [0.29, 0.717) is 5.75 Å². The highest BCUT2D eigenvalue weighted by Gasteiger charge is 2.63. The minimum absolute atomic E-state index is 0.148. The van der Waals surface area contributed by atoms with Crippen LogP contribution in [0.15, 0.2) is 18.2 Å². The normalized spacial score (nSPS) is 19.1. The topological polar surface area (TPSA) is 21.3 Å². The molecule has 0 bridgehead atoms. The average Bonchev–Trinajstić information content (AvgIpc) is 3.09. The van der Waals surface area contributed by atoms with Crippen molar-refractivity contribution < 1.29 is 17.9 Å². The number of halogens is 3. The predicted octanol–water partition coefficient (Wildman–Crippen LogP) is 3.75. The molecular formula is C14H18F3NO. The second-order valence-electron chi connectivity index (χ2n) is 5.19. The van der Waals surface area contributed by atoms with E-state index in [1.807, 2.05) is 19.1 Å². The maximum atomic E-state index is 12.9. The van der Waals surface area contributed by atoms with Crippen LogP contribution in [0.1, 0.15) is 36.9 Å². The first kappa shape index (κ1) is 14.2. The lowest BCUT2D eigenvalue weighted by atomic mass is 10.0. The van der Waals surface area contributed by atoms with Crippen LogP contribution in [0.2, 0.25) is 0 Å². The van der Waals surface area contributed by atoms with Crippen LogP contribution in [0.5, 0.6) is 5.75 Å². The highest BCUT2D eigenvalue weighted by Crippen LogP contribution is 2.50. The Hall–Kier alpha value is -1.23. The van der Waals surface area contributed by atoms with E-state index in [1.54, 1.807) is 13.0 Å². The molecule has 1 unspecified atom stereocenters. The zero-order chi connectivity index (χ0) is 14.3. The van der Waals surface area contributed by atoms with E-state index in [-0.39, 0.29) is 12.8 Å². The molecule has 0 heterocycles. The molecule has 5 heteroatoms. The molecule has 0 amide bonds. The van der Waals surface area contributed by atoms with Gasteiger partial charge in [-0.3, -0.25) is 5.32 Å². The molecule has 106 valence electrons. The highest BCUT2D eigenvalue weighted by molar-refractivity contribution is 5.39. The number of ether oxygens (including phenoxy) is 1. The lowest BCUT2D eigenvalue weighted by molar-refractivity contribution is -0.167. The summed E-state index contributed by atoms with van der Waals surface area (Å²) >= 11 is 0. The van der Waals surface area contributed by atoms with Crippen LogP contribution in [0.3, 0.4) is 0 Å². The molecule has 0 saturated heterocycles. The Morgan fingerprint density at radius 3 is 2.42 bits per heavy atom. The van der Waals surface area contributed by atoms with Crippen molar-refractivity contribution in [3.05, 3.63) is 29.3 Å². The summed E-state index contributed by atoms with van der Waals surface area (Å²) in [5.41, 5.74) is 0.0561. The molecule has 1 aliphatic carbocycles. The van der Waals surface area contributed by atoms with Crippen LogP contribution in [0, 0.1) is 6.92 Å². The summed E-state index contributed by atoms with van der Waals surface area (Å²) in [6.07, 6.45) is -3.90. The van der Waals surface area contributed by atoms with Gasteiger partial charge in [-0.15, -0.1) is 0 Å². The molecule has 1 fully saturated rings. The summed E-state index contributed by atoms with van der Waals surface area (Å²) in [6, 6.07) is 5.13. The van der Waals surface area contributed by atoms with E-state index in [4.69, 9.17) is 4.74 Å². The quantitative estimate of drug-likeness (QED) is 0.902. The predicted molar refractivity (Wildman–Crippen MR) is 67.3 cm³/mol. The molecule has 0 aliphatic heterocycles. The van der Waals surface area contributed by atoms with Gasteiger partial charge in [-0.1, -0.05) is 17.7 Å². The number of hydrogen-bond acceptors (Lipinski definition) is 2. The number of hydrogen-bond donors (Lipinski definition) is 1. The summed E-state index contributed by atoms with van der Waals surface area (Å²) in [5, 5.41) is 2.72. The number of aryl methyl sites for hydroxylation is 1. The molecule has 1 atom stereocenters. The third-order valence-electron chi connectivity index (χ3n) is 3.64. The first-order chi connectivity index (χ1) is 8.79. The fraction of sp³-hybridized carbons (Fsp3) is 0.571. The van der Waals surface area contributed by atoms with Gasteiger partial charge in [0, 0.05) is 11.6 Å². The molecule has 0 spiro atoms. The molecule has 0 aromatic heterocycles. The zero-order valence-corrected chi connectivity index (χ0v) is 11.3. The fourth-order valence-electron chi connectivity index (χ4n) is 2.32. The SMILES string of the molecule is COc1ccc(C)cc1C(C)NC1(C(F)(F)F)CC1. The average molecular weight is 273 g/mol. The number of nitrogens with one attached hydrogen (secondary N) is 1. The standard InChI is InChI=1S/C14H18F3NO/c1-9-4-5-12(19-3)11(8-9)10(2)18-13(6-7-13)14(15,16)17/h4-5,8,10,18H,6-7H2,1-3H3. The van der Waals surface area contributed by atoms with Crippen LogP contribution in [0.25, 0.3) is 0 Å². The first-order valence-electron chi connectivity index (χ1n) is 6.28. The molecule has 1 aromatic rings. The molecule has 2 rings (SSSR count). The van der Waals surface area contributed by atoms with E-state index >= 15 is 0 Å². The monoisotopic (exact) mass is 273 g/mol. The van der Waals surface area contributed by atoms with Crippen LogP contribution in [-0.2, 0) is 0 Å². The lowest BCUT2D eigenvalue weighted by Gasteiger charge is -2.26. The van der Waals surface area contributed by atoms with Gasteiger partial charge in [-0.25, -0.2) is 0 Å². The van der Waals surface area contributed by atoms with Crippen molar-refractivity contribution in [3.63, 3.8) is 0 Å². The van der Waals surface area contributed by atoms with Crippen molar-refractivity contribution in [2.75, 3.05) is 7.11 Å². The third-order valence-corrected chi connectivity index (χ3v) is 3.64. The van der Waals surface area contributed by atoms with E-state index in [9.17, 15) is 13.2 Å². The Morgan fingerprint density at radius 1 is 1.32 bits per heavy atom. The lowest BCUT2D eigenvalue weighted by Crippen LogP contribution is -2.45. The minimum atomic E-state index is -4.20. The Labute approximate surface area is 111 Å². The highest BCUT2D eigenvalue weighted by atomic mass is 19.4. The summed E-state index contributed by atoms with van der Waals surface area (Å²) in [6.45, 7) is 3.65. The van der Waals surface area contributed by atoms with Gasteiger partial charge in [0.05, 0.1) is 7.11 Å². The van der Waals surface area contributed by atoms with Gasteiger partial charge in [-0.05, 0) is 32.8 Å². The molecule has 2 nitrogen and oxygen atoms in total. The smallest absolute Gasteiger partial charge is 0.406 e. The largest absolute Gasteiger partial charge is 0.496 e. The zero-order valence-electron chi connectivity index (χ0n) is 11.3. The summed E-state index contributed by atoms with van der Waals surface area (Å²) < 4.78 is 44.0. The van der Waals surface area contributed by atoms with Crippen molar-refractivity contribution in [1.82, 2.24) is 5.32 Å². The summed E-state index contributed by atoms with van der Waals surface area (Å²) in [4.78, 5) is 0. The molecule has 19 heavy (non-hydrogen) atoms. The van der Waals surface area contributed by atoms with Gasteiger partial charge < -0.3 is 4.74 Å². The van der Waals surface area contributed by atoms with Gasteiger partial charge in [0.25, 0.3) is 0 Å². The van der Waals surface area contributed by atoms with Gasteiger partial charge >= 0.3 is 6.18 Å². The minimum Gasteiger partial charge on any atom is -0.496 e. The van der Waals surface area contributed by atoms with Crippen molar-refractivity contribution in [3.8, 4) is 5.75 Å². The van der Waals surface area contributed by atoms with Gasteiger partial charge in [0.1, 0.15) is 11.3 Å². The van der Waals surface area contributed by atoms with Gasteiger partial charge in [0.2, 0.25) is 0 Å². The molecule has 1 aliphatic rings. The van der Waals surface area contributed by atoms with E-state index in [1.165, 1.54) is 7.11 Å². The van der Waals surface area contributed by atoms with Crippen molar-refractivity contribution >= 4 is 0 Å². The number of methoxy groups -OCH3 is 1. The molecule has 1 saturated carbocycles. The maximum absolute atomic E-state index is 12.9. The van der Waals surface area contributed by atoms with Crippen molar-refractivity contribution in [2.24, 2.45) is 0 Å². The molecular weight excluding hydrogens is 255 g/mol. The molecule has 1 N–H and O–H groups in total. The van der Waals surface area contributed by atoms with Crippen LogP contribution in [-0.4, -0.2) is 18.8 Å². The van der Waals surface area contributed by atoms with Gasteiger partial charge in [0.15, 0.2) is 0 Å². The third kappa shape index (κ3) is 2.71.